The van der Waals surface area contributed by atoms with Gasteiger partial charge in [-0.15, -0.1) is 0 Å². The normalized spacial score (nSPS) is 22.8. The van der Waals surface area contributed by atoms with E-state index in [0.29, 0.717) is 0 Å². The van der Waals surface area contributed by atoms with Gasteiger partial charge in [0.25, 0.3) is 0 Å². The number of carbonyl (C=O) groups excluding carboxylic acids is 1. The van der Waals surface area contributed by atoms with Crippen molar-refractivity contribution in [1.29, 1.82) is 0 Å². The molecule has 0 aliphatic carbocycles. The molecule has 0 amide bonds. The van der Waals surface area contributed by atoms with Gasteiger partial charge in [0.1, 0.15) is 5.75 Å². The van der Waals surface area contributed by atoms with E-state index in [2.05, 4.69) is 17.4 Å². The van der Waals surface area contributed by atoms with E-state index in [-0.39, 0.29) is 12.0 Å². The Balaban J connectivity index is 2.07. The molecule has 0 saturated carbocycles. The molecule has 3 rings (SSSR count). The first-order valence-electron chi connectivity index (χ1n) is 8.03. The predicted octanol–water partition coefficient (Wildman–Crippen LogP) is 3.43. The van der Waals surface area contributed by atoms with Crippen LogP contribution in [0.25, 0.3) is 0 Å². The van der Waals surface area contributed by atoms with Crippen molar-refractivity contribution in [3.63, 3.8) is 0 Å². The molecule has 1 fully saturated rings. The Hall–Kier alpha value is -2.33. The molecule has 0 radical (unpaired) electrons. The molecule has 126 valence electrons. The summed E-state index contributed by atoms with van der Waals surface area (Å²) in [5, 5.41) is 3.57. The molecule has 0 spiro atoms. The van der Waals surface area contributed by atoms with Crippen LogP contribution in [-0.2, 0) is 15.1 Å². The van der Waals surface area contributed by atoms with Crippen molar-refractivity contribution in [3.05, 3.63) is 65.7 Å². The monoisotopic (exact) mass is 325 g/mol. The summed E-state index contributed by atoms with van der Waals surface area (Å²) >= 11 is 0. The maximum atomic E-state index is 12.5. The van der Waals surface area contributed by atoms with Crippen LogP contribution in [-0.4, -0.2) is 20.2 Å². The van der Waals surface area contributed by atoms with Crippen molar-refractivity contribution in [2.24, 2.45) is 5.41 Å². The van der Waals surface area contributed by atoms with E-state index >= 15 is 0 Å². The summed E-state index contributed by atoms with van der Waals surface area (Å²) in [4.78, 5) is 12.5. The smallest absolute Gasteiger partial charge is 0.313 e. The second kappa shape index (κ2) is 5.95. The first-order chi connectivity index (χ1) is 11.5. The second-order valence-electron chi connectivity index (χ2n) is 6.64. The van der Waals surface area contributed by atoms with Crippen molar-refractivity contribution >= 4 is 5.97 Å². The second-order valence-corrected chi connectivity index (χ2v) is 6.64. The van der Waals surface area contributed by atoms with Gasteiger partial charge in [-0.05, 0) is 37.1 Å². The number of hydrogen-bond donors (Lipinski definition) is 1. The Morgan fingerprint density at radius 3 is 2.21 bits per heavy atom. The highest BCUT2D eigenvalue weighted by molar-refractivity contribution is 5.80. The molecule has 0 aromatic heterocycles. The van der Waals surface area contributed by atoms with Crippen molar-refractivity contribution in [1.82, 2.24) is 5.32 Å². The fourth-order valence-electron chi connectivity index (χ4n) is 3.59. The molecule has 1 aliphatic heterocycles. The summed E-state index contributed by atoms with van der Waals surface area (Å²) in [5.74, 6) is 0.561. The van der Waals surface area contributed by atoms with Crippen LogP contribution in [0.4, 0.5) is 0 Å². The van der Waals surface area contributed by atoms with Gasteiger partial charge in [-0.2, -0.15) is 0 Å². The van der Waals surface area contributed by atoms with Gasteiger partial charge in [-0.1, -0.05) is 42.5 Å². The lowest BCUT2D eigenvalue weighted by atomic mass is 9.71. The Labute approximate surface area is 142 Å². The zero-order valence-electron chi connectivity index (χ0n) is 14.5. The van der Waals surface area contributed by atoms with Crippen molar-refractivity contribution in [2.75, 3.05) is 14.2 Å². The average molecular weight is 325 g/mol. The van der Waals surface area contributed by atoms with Crippen LogP contribution in [0.2, 0.25) is 0 Å². The lowest BCUT2D eigenvalue weighted by molar-refractivity contribution is -0.153. The van der Waals surface area contributed by atoms with Crippen molar-refractivity contribution in [3.8, 4) is 5.75 Å². The Kier molecular flexibility index (Phi) is 4.10. The average Bonchev–Trinajstić information content (AvgIpc) is 3.39. The van der Waals surface area contributed by atoms with Gasteiger partial charge in [0.15, 0.2) is 0 Å². The Morgan fingerprint density at radius 1 is 1.04 bits per heavy atom. The molecular weight excluding hydrogens is 302 g/mol. The van der Waals surface area contributed by atoms with E-state index < -0.39 is 11.0 Å². The highest BCUT2D eigenvalue weighted by Gasteiger charge is 2.67. The summed E-state index contributed by atoms with van der Waals surface area (Å²) in [6, 6.07) is 18.1. The molecule has 0 bridgehead atoms. The van der Waals surface area contributed by atoms with Gasteiger partial charge >= 0.3 is 5.97 Å². The maximum absolute atomic E-state index is 12.5. The molecule has 1 heterocycles. The fraction of sp³-hybridized carbons (Fsp3) is 0.350. The Morgan fingerprint density at radius 2 is 1.67 bits per heavy atom. The van der Waals surface area contributed by atoms with E-state index in [1.807, 2.05) is 56.3 Å². The molecule has 2 aromatic carbocycles. The molecule has 2 atom stereocenters. The highest BCUT2D eigenvalue weighted by Crippen LogP contribution is 2.59. The quantitative estimate of drug-likeness (QED) is 0.676. The number of carbonyl (C=O) groups is 1. The number of esters is 1. The number of rotatable bonds is 5. The topological polar surface area (TPSA) is 57.5 Å². The van der Waals surface area contributed by atoms with E-state index in [9.17, 15) is 4.79 Å². The molecular formula is C20H23NO3. The van der Waals surface area contributed by atoms with Gasteiger partial charge in [-0.3, -0.25) is 10.1 Å². The lowest BCUT2D eigenvalue weighted by Crippen LogP contribution is -2.41. The minimum Gasteiger partial charge on any atom is -0.497 e. The molecule has 2 aromatic rings. The van der Waals surface area contributed by atoms with Gasteiger partial charge in [-0.25, -0.2) is 0 Å². The number of nitrogens with one attached hydrogen (secondary N) is 1. The number of hydrogen-bond acceptors (Lipinski definition) is 4. The third-order valence-corrected chi connectivity index (χ3v) is 5.08. The van der Waals surface area contributed by atoms with E-state index in [0.717, 1.165) is 16.9 Å². The fourth-order valence-corrected chi connectivity index (χ4v) is 3.59. The molecule has 1 aliphatic rings. The van der Waals surface area contributed by atoms with Crippen LogP contribution in [0, 0.1) is 5.41 Å². The van der Waals surface area contributed by atoms with Crippen LogP contribution < -0.4 is 10.1 Å². The zero-order chi connectivity index (χ0) is 17.4. The van der Waals surface area contributed by atoms with Crippen LogP contribution in [0.5, 0.6) is 5.75 Å². The standard InChI is InChI=1S/C20H23NO3/c1-19(2,18(22)24-4)20(15-10-12-16(23-3)13-11-15)17(21-20)14-8-6-5-7-9-14/h5-13,17,21H,1-4H3/t17-,20+/m0/s1. The van der Waals surface area contributed by atoms with E-state index in [1.165, 1.54) is 7.11 Å². The molecule has 4 nitrogen and oxygen atoms in total. The lowest BCUT2D eigenvalue weighted by Gasteiger charge is -2.32. The first kappa shape index (κ1) is 16.5. The van der Waals surface area contributed by atoms with E-state index in [1.54, 1.807) is 7.11 Å². The van der Waals surface area contributed by atoms with Crippen molar-refractivity contribution in [2.45, 2.75) is 25.4 Å². The predicted molar refractivity (Wildman–Crippen MR) is 92.8 cm³/mol. The summed E-state index contributed by atoms with van der Waals surface area (Å²) in [6.07, 6.45) is 0. The number of methoxy groups -OCH3 is 2. The third kappa shape index (κ3) is 2.38. The number of ether oxygens (including phenoxy) is 2. The molecule has 1 saturated heterocycles. The zero-order valence-corrected chi connectivity index (χ0v) is 14.5. The van der Waals surface area contributed by atoms with Crippen LogP contribution in [0.3, 0.4) is 0 Å². The highest BCUT2D eigenvalue weighted by atomic mass is 16.5. The van der Waals surface area contributed by atoms with Crippen LogP contribution in [0.1, 0.15) is 31.0 Å². The molecule has 0 unspecified atom stereocenters. The summed E-state index contributed by atoms with van der Waals surface area (Å²) in [6.45, 7) is 3.86. The van der Waals surface area contributed by atoms with Gasteiger partial charge in [0.2, 0.25) is 0 Å². The van der Waals surface area contributed by atoms with Crippen molar-refractivity contribution < 1.29 is 14.3 Å². The van der Waals surface area contributed by atoms with Crippen LogP contribution in [0.15, 0.2) is 54.6 Å². The van der Waals surface area contributed by atoms with Gasteiger partial charge < -0.3 is 9.47 Å². The molecule has 24 heavy (non-hydrogen) atoms. The largest absolute Gasteiger partial charge is 0.497 e. The summed E-state index contributed by atoms with van der Waals surface area (Å²) < 4.78 is 10.3. The summed E-state index contributed by atoms with van der Waals surface area (Å²) in [7, 11) is 3.08. The third-order valence-electron chi connectivity index (χ3n) is 5.08. The maximum Gasteiger partial charge on any atom is 0.313 e. The van der Waals surface area contributed by atoms with Crippen LogP contribution >= 0.6 is 0 Å². The minimum atomic E-state index is -0.725. The molecule has 1 N–H and O–H groups in total. The minimum absolute atomic E-state index is 0.0567. The summed E-state index contributed by atoms with van der Waals surface area (Å²) in [5.41, 5.74) is 0.975. The molecule has 4 heteroatoms. The SMILES string of the molecule is COC(=O)C(C)(C)[C@]1(c2ccc(OC)cc2)N[C@H]1c1ccccc1. The Bertz CT molecular complexity index is 724. The van der Waals surface area contributed by atoms with Gasteiger partial charge in [0.05, 0.1) is 31.2 Å². The number of benzene rings is 2. The first-order valence-corrected chi connectivity index (χ1v) is 8.03. The van der Waals surface area contributed by atoms with Gasteiger partial charge in [0, 0.05) is 0 Å². The van der Waals surface area contributed by atoms with E-state index in [4.69, 9.17) is 9.47 Å².